The molecule has 0 saturated carbocycles. The number of methoxy groups -OCH3 is 1. The minimum Gasteiger partial charge on any atom is -0.494 e. The molecule has 17 heavy (non-hydrogen) atoms. The van der Waals surface area contributed by atoms with Gasteiger partial charge in [0.2, 0.25) is 0 Å². The molecule has 2 rings (SSSR count). The van der Waals surface area contributed by atoms with E-state index in [1.807, 2.05) is 19.1 Å². The topological polar surface area (TPSA) is 29.5 Å². The van der Waals surface area contributed by atoms with Crippen molar-refractivity contribution in [2.24, 2.45) is 0 Å². The van der Waals surface area contributed by atoms with Crippen molar-refractivity contribution in [1.29, 1.82) is 0 Å². The minimum atomic E-state index is -0.783. The molecule has 4 heteroatoms. The molecule has 0 aliphatic rings. The Labute approximate surface area is 103 Å². The molecular weight excluding hydrogens is 239 g/mol. The third-order valence-corrected chi connectivity index (χ3v) is 3.58. The van der Waals surface area contributed by atoms with E-state index in [-0.39, 0.29) is 5.75 Å². The van der Waals surface area contributed by atoms with Gasteiger partial charge in [0.15, 0.2) is 11.6 Å². The summed E-state index contributed by atoms with van der Waals surface area (Å²) >= 11 is 1.50. The zero-order chi connectivity index (χ0) is 12.4. The normalized spacial score (nSPS) is 12.5. The van der Waals surface area contributed by atoms with Crippen molar-refractivity contribution in [3.05, 3.63) is 51.5 Å². The van der Waals surface area contributed by atoms with Gasteiger partial charge in [-0.1, -0.05) is 6.07 Å². The summed E-state index contributed by atoms with van der Waals surface area (Å²) in [4.78, 5) is 1.93. The quantitative estimate of drug-likeness (QED) is 0.908. The van der Waals surface area contributed by atoms with Gasteiger partial charge in [-0.25, -0.2) is 4.39 Å². The predicted molar refractivity (Wildman–Crippen MR) is 66.1 cm³/mol. The maximum Gasteiger partial charge on any atom is 0.165 e. The van der Waals surface area contributed by atoms with Crippen LogP contribution in [0.3, 0.4) is 0 Å². The Bertz CT molecular complexity index is 522. The van der Waals surface area contributed by atoms with Gasteiger partial charge in [0.25, 0.3) is 0 Å². The van der Waals surface area contributed by atoms with Crippen LogP contribution < -0.4 is 4.74 Å². The van der Waals surface area contributed by atoms with Crippen molar-refractivity contribution in [3.8, 4) is 5.75 Å². The van der Waals surface area contributed by atoms with Crippen molar-refractivity contribution in [2.75, 3.05) is 7.11 Å². The lowest BCUT2D eigenvalue weighted by Crippen LogP contribution is -1.98. The van der Waals surface area contributed by atoms with Crippen LogP contribution in [0, 0.1) is 12.7 Å². The van der Waals surface area contributed by atoms with Crippen molar-refractivity contribution in [3.63, 3.8) is 0 Å². The Morgan fingerprint density at radius 1 is 1.29 bits per heavy atom. The van der Waals surface area contributed by atoms with Crippen molar-refractivity contribution >= 4 is 11.3 Å². The van der Waals surface area contributed by atoms with Gasteiger partial charge in [-0.15, -0.1) is 11.3 Å². The Hall–Kier alpha value is -1.39. The summed E-state index contributed by atoms with van der Waals surface area (Å²) in [6.45, 7) is 1.97. The summed E-state index contributed by atoms with van der Waals surface area (Å²) in [5, 5.41) is 10.1. The van der Waals surface area contributed by atoms with Gasteiger partial charge >= 0.3 is 0 Å². The van der Waals surface area contributed by atoms with Gasteiger partial charge < -0.3 is 9.84 Å². The number of aliphatic hydroxyl groups is 1. The molecule has 0 spiro atoms. The molecule has 0 amide bonds. The first-order valence-electron chi connectivity index (χ1n) is 5.19. The van der Waals surface area contributed by atoms with Crippen LogP contribution in [0.2, 0.25) is 0 Å². The summed E-state index contributed by atoms with van der Waals surface area (Å²) in [5.74, 6) is -0.277. The maximum absolute atomic E-state index is 13.5. The first-order chi connectivity index (χ1) is 8.11. The predicted octanol–water partition coefficient (Wildman–Crippen LogP) is 3.29. The number of hydrogen-bond donors (Lipinski definition) is 1. The average molecular weight is 252 g/mol. The van der Waals surface area contributed by atoms with E-state index in [0.29, 0.717) is 5.56 Å². The fourth-order valence-electron chi connectivity index (χ4n) is 1.62. The second-order valence-electron chi connectivity index (χ2n) is 3.74. The molecule has 0 fully saturated rings. The van der Waals surface area contributed by atoms with Gasteiger partial charge in [-0.05, 0) is 36.8 Å². The average Bonchev–Trinajstić information content (AvgIpc) is 2.75. The molecule has 0 radical (unpaired) electrons. The van der Waals surface area contributed by atoms with Crippen LogP contribution in [0.1, 0.15) is 21.4 Å². The molecule has 1 aromatic heterocycles. The maximum atomic E-state index is 13.5. The molecule has 1 atom stereocenters. The third kappa shape index (κ3) is 2.48. The summed E-state index contributed by atoms with van der Waals surface area (Å²) in [6.07, 6.45) is -0.783. The van der Waals surface area contributed by atoms with E-state index in [9.17, 15) is 9.50 Å². The lowest BCUT2D eigenvalue weighted by atomic mass is 10.1. The fourth-order valence-corrected chi connectivity index (χ4v) is 2.51. The Morgan fingerprint density at radius 2 is 2.06 bits per heavy atom. The van der Waals surface area contributed by atoms with Gasteiger partial charge in [-0.3, -0.25) is 0 Å². The second kappa shape index (κ2) is 4.85. The molecule has 1 N–H and O–H groups in total. The molecule has 2 aromatic rings. The van der Waals surface area contributed by atoms with Crippen LogP contribution in [-0.2, 0) is 0 Å². The number of hydrogen-bond acceptors (Lipinski definition) is 3. The van der Waals surface area contributed by atoms with Crippen LogP contribution in [0.4, 0.5) is 4.39 Å². The van der Waals surface area contributed by atoms with Gasteiger partial charge in [0.1, 0.15) is 6.10 Å². The Morgan fingerprint density at radius 3 is 2.59 bits per heavy atom. The molecule has 1 heterocycles. The SMILES string of the molecule is COc1ccc([C@H](O)c2ccc(C)s2)cc1F. The van der Waals surface area contributed by atoms with E-state index in [1.54, 1.807) is 6.07 Å². The third-order valence-electron chi connectivity index (χ3n) is 2.52. The Balaban J connectivity index is 2.31. The highest BCUT2D eigenvalue weighted by molar-refractivity contribution is 7.12. The summed E-state index contributed by atoms with van der Waals surface area (Å²) < 4.78 is 18.3. The number of benzene rings is 1. The monoisotopic (exact) mass is 252 g/mol. The molecule has 90 valence electrons. The number of thiophene rings is 1. The lowest BCUT2D eigenvalue weighted by Gasteiger charge is -2.10. The van der Waals surface area contributed by atoms with Crippen LogP contribution in [0.5, 0.6) is 5.75 Å². The van der Waals surface area contributed by atoms with Crippen molar-refractivity contribution in [1.82, 2.24) is 0 Å². The molecule has 2 nitrogen and oxygen atoms in total. The lowest BCUT2D eigenvalue weighted by molar-refractivity contribution is 0.223. The molecule has 0 bridgehead atoms. The highest BCUT2D eigenvalue weighted by Gasteiger charge is 2.14. The molecular formula is C13H13FO2S. The number of rotatable bonds is 3. The van der Waals surface area contributed by atoms with E-state index in [1.165, 1.54) is 30.6 Å². The first kappa shape index (κ1) is 12.1. The number of ether oxygens (including phenoxy) is 1. The first-order valence-corrected chi connectivity index (χ1v) is 6.01. The minimum absolute atomic E-state index is 0.184. The highest BCUT2D eigenvalue weighted by Crippen LogP contribution is 2.30. The zero-order valence-corrected chi connectivity index (χ0v) is 10.4. The Kier molecular flexibility index (Phi) is 3.45. The van der Waals surface area contributed by atoms with Crippen molar-refractivity contribution in [2.45, 2.75) is 13.0 Å². The molecule has 0 aliphatic heterocycles. The van der Waals surface area contributed by atoms with Crippen LogP contribution in [0.25, 0.3) is 0 Å². The summed E-state index contributed by atoms with van der Waals surface area (Å²) in [6, 6.07) is 8.28. The van der Waals surface area contributed by atoms with Crippen molar-refractivity contribution < 1.29 is 14.2 Å². The largest absolute Gasteiger partial charge is 0.494 e. The number of aryl methyl sites for hydroxylation is 1. The fraction of sp³-hybridized carbons (Fsp3) is 0.231. The second-order valence-corrected chi connectivity index (χ2v) is 5.06. The summed E-state index contributed by atoms with van der Waals surface area (Å²) in [7, 11) is 1.41. The number of halogens is 1. The molecule has 1 aromatic carbocycles. The highest BCUT2D eigenvalue weighted by atomic mass is 32.1. The van der Waals surface area contributed by atoms with Gasteiger partial charge in [-0.2, -0.15) is 0 Å². The van der Waals surface area contributed by atoms with E-state index in [0.717, 1.165) is 9.75 Å². The zero-order valence-electron chi connectivity index (χ0n) is 9.61. The van der Waals surface area contributed by atoms with Gasteiger partial charge in [0, 0.05) is 9.75 Å². The van der Waals surface area contributed by atoms with Crippen LogP contribution >= 0.6 is 11.3 Å². The van der Waals surface area contributed by atoms with E-state index < -0.39 is 11.9 Å². The van der Waals surface area contributed by atoms with E-state index in [2.05, 4.69) is 0 Å². The smallest absolute Gasteiger partial charge is 0.165 e. The standard InChI is InChI=1S/C13H13FO2S/c1-8-3-6-12(17-8)13(15)9-4-5-11(16-2)10(14)7-9/h3-7,13,15H,1-2H3/t13-/m0/s1. The molecule has 0 aliphatic carbocycles. The molecule has 0 unspecified atom stereocenters. The van der Waals surface area contributed by atoms with Crippen LogP contribution in [-0.4, -0.2) is 12.2 Å². The van der Waals surface area contributed by atoms with Crippen LogP contribution in [0.15, 0.2) is 30.3 Å². The van der Waals surface area contributed by atoms with Gasteiger partial charge in [0.05, 0.1) is 7.11 Å². The van der Waals surface area contributed by atoms with E-state index >= 15 is 0 Å². The van der Waals surface area contributed by atoms with E-state index in [4.69, 9.17) is 4.74 Å². The summed E-state index contributed by atoms with van der Waals surface area (Å²) in [5.41, 5.74) is 0.533. The number of aliphatic hydroxyl groups excluding tert-OH is 1. The molecule has 0 saturated heterocycles.